The molecule has 0 bridgehead atoms. The van der Waals surface area contributed by atoms with Gasteiger partial charge in [0.15, 0.2) is 0 Å². The lowest BCUT2D eigenvalue weighted by Crippen LogP contribution is -2.24. The molecule has 1 aliphatic carbocycles. The van der Waals surface area contributed by atoms with Crippen LogP contribution in [0, 0.1) is 12.8 Å². The van der Waals surface area contributed by atoms with Crippen molar-refractivity contribution in [3.8, 4) is 11.1 Å². The van der Waals surface area contributed by atoms with Crippen LogP contribution in [-0.4, -0.2) is 24.5 Å². The Labute approximate surface area is 170 Å². The second-order valence-corrected chi connectivity index (χ2v) is 8.01. The van der Waals surface area contributed by atoms with Gasteiger partial charge in [-0.25, -0.2) is 0 Å². The average molecular weight is 381 g/mol. The minimum atomic E-state index is -1.12. The van der Waals surface area contributed by atoms with Gasteiger partial charge >= 0.3 is 0 Å². The summed E-state index contributed by atoms with van der Waals surface area (Å²) < 4.78 is 0. The Morgan fingerprint density at radius 3 is 2.46 bits per heavy atom. The van der Waals surface area contributed by atoms with E-state index in [4.69, 9.17) is 0 Å². The van der Waals surface area contributed by atoms with Crippen LogP contribution in [0.3, 0.4) is 0 Å². The number of hydrogen-bond donors (Lipinski definition) is 0. The molecule has 3 rings (SSSR count). The molecule has 0 amide bonds. The summed E-state index contributed by atoms with van der Waals surface area (Å²) in [5.41, 5.74) is 4.19. The van der Waals surface area contributed by atoms with E-state index in [1.807, 2.05) is 43.3 Å². The summed E-state index contributed by atoms with van der Waals surface area (Å²) in [6.45, 7) is 3.93. The van der Waals surface area contributed by atoms with Gasteiger partial charge in [0.2, 0.25) is 0 Å². The van der Waals surface area contributed by atoms with E-state index >= 15 is 0 Å². The van der Waals surface area contributed by atoms with Crippen LogP contribution in [0.25, 0.3) is 11.1 Å². The largest absolute Gasteiger partial charge is 0.545 e. The van der Waals surface area contributed by atoms with Gasteiger partial charge in [0.1, 0.15) is 0 Å². The van der Waals surface area contributed by atoms with Crippen LogP contribution < -0.4 is 5.11 Å². The number of carboxylic acids is 1. The van der Waals surface area contributed by atoms with Crippen LogP contribution >= 0.6 is 0 Å². The lowest BCUT2D eigenvalue weighted by molar-refractivity contribution is -0.254. The molecule has 1 aliphatic rings. The number of carboxylic acid groups (broad SMARTS) is 1. The van der Waals surface area contributed by atoms with Crippen molar-refractivity contribution in [1.82, 2.24) is 4.90 Å². The van der Waals surface area contributed by atoms with E-state index in [9.17, 15) is 9.90 Å². The Morgan fingerprint density at radius 2 is 1.79 bits per heavy atom. The highest BCUT2D eigenvalue weighted by atomic mass is 16.4. The first-order chi connectivity index (χ1) is 13.0. The van der Waals surface area contributed by atoms with Crippen LogP contribution in [0.1, 0.15) is 67.4 Å². The van der Waals surface area contributed by atoms with E-state index in [1.165, 1.54) is 38.5 Å². The summed E-state index contributed by atoms with van der Waals surface area (Å²) in [6.07, 6.45) is 8.20. The molecule has 0 saturated heterocycles. The number of carbonyl (C=O) groups is 1. The summed E-state index contributed by atoms with van der Waals surface area (Å²) in [7, 11) is 2.16. The molecule has 0 aliphatic heterocycles. The van der Waals surface area contributed by atoms with Crippen molar-refractivity contribution in [3.05, 3.63) is 59.2 Å². The van der Waals surface area contributed by atoms with E-state index in [1.54, 1.807) is 6.07 Å². The fourth-order valence-electron chi connectivity index (χ4n) is 4.24. The molecule has 152 valence electrons. The summed E-state index contributed by atoms with van der Waals surface area (Å²) in [5.74, 6) is -0.241. The summed E-state index contributed by atoms with van der Waals surface area (Å²) in [4.78, 5) is 13.9. The minimum absolute atomic E-state index is 0. The highest BCUT2D eigenvalue weighted by molar-refractivity contribution is 5.95. The molecule has 0 aromatic heterocycles. The normalized spacial score (nSPS) is 14.7. The van der Waals surface area contributed by atoms with E-state index in [0.29, 0.717) is 0 Å². The maximum absolute atomic E-state index is 11.6. The van der Waals surface area contributed by atoms with Gasteiger partial charge in [-0.15, -0.1) is 0 Å². The van der Waals surface area contributed by atoms with Crippen LogP contribution in [0.5, 0.6) is 0 Å². The zero-order valence-corrected chi connectivity index (χ0v) is 16.5. The molecule has 0 N–H and O–H groups in total. The van der Waals surface area contributed by atoms with Crippen molar-refractivity contribution in [3.63, 3.8) is 0 Å². The van der Waals surface area contributed by atoms with Crippen LogP contribution in [-0.2, 0) is 6.54 Å². The molecule has 2 aromatic carbocycles. The van der Waals surface area contributed by atoms with Crippen molar-refractivity contribution < 1.29 is 9.90 Å². The Balaban J connectivity index is 0.00000280. The Kier molecular flexibility index (Phi) is 8.25. The highest BCUT2D eigenvalue weighted by Gasteiger charge is 2.15. The molecule has 3 nitrogen and oxygen atoms in total. The predicted octanol–water partition coefficient (Wildman–Crippen LogP) is 5.06. The third-order valence-electron chi connectivity index (χ3n) is 5.84. The van der Waals surface area contributed by atoms with Crippen LogP contribution in [0.2, 0.25) is 0 Å². The molecule has 1 saturated carbocycles. The first-order valence-corrected chi connectivity index (χ1v) is 10.1. The fourth-order valence-corrected chi connectivity index (χ4v) is 4.24. The highest BCUT2D eigenvalue weighted by Crippen LogP contribution is 2.29. The lowest BCUT2D eigenvalue weighted by Gasteiger charge is -2.25. The van der Waals surface area contributed by atoms with Gasteiger partial charge < -0.3 is 14.8 Å². The number of carbonyl (C=O) groups excluding carboxylic acids is 1. The number of aryl methyl sites for hydroxylation is 1. The molecule has 28 heavy (non-hydrogen) atoms. The fraction of sp³-hybridized carbons (Fsp3) is 0.480. The molecular formula is C25H34NO2-. The first-order valence-electron chi connectivity index (χ1n) is 10.1. The zero-order chi connectivity index (χ0) is 19.2. The minimum Gasteiger partial charge on any atom is -0.545 e. The molecule has 2 aromatic rings. The first kappa shape index (κ1) is 22.2. The van der Waals surface area contributed by atoms with Gasteiger partial charge in [-0.1, -0.05) is 75.9 Å². The smallest absolute Gasteiger partial charge is 0.0721 e. The summed E-state index contributed by atoms with van der Waals surface area (Å²) in [5, 5.41) is 11.6. The van der Waals surface area contributed by atoms with Crippen molar-refractivity contribution in [2.24, 2.45) is 5.92 Å². The van der Waals surface area contributed by atoms with Crippen molar-refractivity contribution in [2.75, 3.05) is 13.6 Å². The Bertz CT molecular complexity index is 778. The second-order valence-electron chi connectivity index (χ2n) is 8.01. The van der Waals surface area contributed by atoms with Crippen molar-refractivity contribution in [1.29, 1.82) is 0 Å². The average Bonchev–Trinajstić information content (AvgIpc) is 2.67. The molecular weight excluding hydrogens is 346 g/mol. The predicted molar refractivity (Wildman–Crippen MR) is 115 cm³/mol. The molecule has 1 fully saturated rings. The third kappa shape index (κ3) is 5.68. The monoisotopic (exact) mass is 380 g/mol. The molecule has 0 heterocycles. The summed E-state index contributed by atoms with van der Waals surface area (Å²) in [6, 6.07) is 13.5. The molecule has 0 spiro atoms. The number of aromatic carboxylic acids is 1. The van der Waals surface area contributed by atoms with Gasteiger partial charge in [-0.3, -0.25) is 0 Å². The standard InChI is InChI=1S/C24H31NO2.CH4/c1-18-8-6-7-11-21(18)23-16-20(12-13-22(23)24(26)27)17-25(2)15-14-19-9-4-3-5-10-19;/h6-8,11-13,16,19H,3-5,9-10,14-15,17H2,1-2H3,(H,26,27);1H4/p-1. The van der Waals surface area contributed by atoms with Crippen molar-refractivity contribution >= 4 is 5.97 Å². The molecule has 0 atom stereocenters. The number of hydrogen-bond acceptors (Lipinski definition) is 3. The Morgan fingerprint density at radius 1 is 1.07 bits per heavy atom. The quantitative estimate of drug-likeness (QED) is 0.674. The van der Waals surface area contributed by atoms with Crippen LogP contribution in [0.15, 0.2) is 42.5 Å². The van der Waals surface area contributed by atoms with E-state index in [2.05, 4.69) is 11.9 Å². The van der Waals surface area contributed by atoms with Crippen LogP contribution in [0.4, 0.5) is 0 Å². The molecule has 0 unspecified atom stereocenters. The van der Waals surface area contributed by atoms with Gasteiger partial charge in [-0.2, -0.15) is 0 Å². The number of nitrogens with zero attached hydrogens (tertiary/aromatic N) is 1. The second kappa shape index (κ2) is 10.4. The lowest BCUT2D eigenvalue weighted by atomic mass is 9.87. The maximum Gasteiger partial charge on any atom is 0.0721 e. The van der Waals surface area contributed by atoms with Gasteiger partial charge in [-0.05, 0) is 61.2 Å². The van der Waals surface area contributed by atoms with Gasteiger partial charge in [0.05, 0.1) is 5.97 Å². The number of rotatable bonds is 7. The van der Waals surface area contributed by atoms with E-state index in [0.717, 1.165) is 41.3 Å². The Hall–Kier alpha value is -2.13. The maximum atomic E-state index is 11.6. The number of benzene rings is 2. The van der Waals surface area contributed by atoms with Gasteiger partial charge in [0, 0.05) is 12.1 Å². The third-order valence-corrected chi connectivity index (χ3v) is 5.84. The topological polar surface area (TPSA) is 43.4 Å². The van der Waals surface area contributed by atoms with E-state index < -0.39 is 5.97 Å². The molecule has 3 heteroatoms. The SMILES string of the molecule is C.Cc1ccccc1-c1cc(CN(C)CCC2CCCCC2)ccc1C(=O)[O-]. The van der Waals surface area contributed by atoms with Gasteiger partial charge in [0.25, 0.3) is 0 Å². The summed E-state index contributed by atoms with van der Waals surface area (Å²) >= 11 is 0. The zero-order valence-electron chi connectivity index (χ0n) is 16.5. The molecule has 0 radical (unpaired) electrons. The van der Waals surface area contributed by atoms with Crippen molar-refractivity contribution in [2.45, 2.75) is 59.4 Å². The van der Waals surface area contributed by atoms with E-state index in [-0.39, 0.29) is 13.0 Å².